The molecule has 155 valence electrons. The molecule has 0 saturated heterocycles. The van der Waals surface area contributed by atoms with Crippen LogP contribution < -0.4 is 24.8 Å². The molecular formula is C26H25Cl2OTi-2. The number of hydrogen-bond acceptors (Lipinski definition) is 1. The van der Waals surface area contributed by atoms with Crippen molar-refractivity contribution in [1.82, 2.24) is 0 Å². The first-order chi connectivity index (χ1) is 13.6. The first-order valence-corrected chi connectivity index (χ1v) is 10.0. The molecule has 0 spiro atoms. The van der Waals surface area contributed by atoms with Gasteiger partial charge in [0.05, 0.1) is 0 Å². The molecule has 0 atom stereocenters. The van der Waals surface area contributed by atoms with E-state index in [1.807, 2.05) is 44.2 Å². The number of hydrogen-bond donors (Lipinski definition) is 1. The summed E-state index contributed by atoms with van der Waals surface area (Å²) in [5.74, 6) is 0.354. The molecule has 0 unspecified atom stereocenters. The van der Waals surface area contributed by atoms with Crippen LogP contribution in [0.4, 0.5) is 0 Å². The molecule has 1 N–H and O–H groups in total. The van der Waals surface area contributed by atoms with E-state index in [2.05, 4.69) is 80.7 Å². The molecule has 0 bridgehead atoms. The Balaban J connectivity index is 0.000000454. The van der Waals surface area contributed by atoms with Gasteiger partial charge in [0.1, 0.15) is 5.75 Å². The van der Waals surface area contributed by atoms with Gasteiger partial charge in [-0.25, -0.2) is 12.2 Å². The number of benzene rings is 3. The van der Waals surface area contributed by atoms with Crippen LogP contribution in [0, 0.1) is 19.9 Å². The fourth-order valence-corrected chi connectivity index (χ4v) is 3.19. The van der Waals surface area contributed by atoms with Gasteiger partial charge in [-0.1, -0.05) is 6.07 Å². The molecule has 0 heterocycles. The van der Waals surface area contributed by atoms with Gasteiger partial charge in [0.2, 0.25) is 0 Å². The molecule has 0 radical (unpaired) electrons. The van der Waals surface area contributed by atoms with Gasteiger partial charge < -0.3 is 29.9 Å². The summed E-state index contributed by atoms with van der Waals surface area (Å²) in [7, 11) is 0. The third-order valence-electron chi connectivity index (χ3n) is 3.92. The number of halogens is 2. The van der Waals surface area contributed by atoms with Crippen molar-refractivity contribution in [2.45, 2.75) is 20.3 Å². The second kappa shape index (κ2) is 15.9. The Kier molecular flexibility index (Phi) is 14.9. The third-order valence-corrected chi connectivity index (χ3v) is 4.82. The molecule has 0 amide bonds. The van der Waals surface area contributed by atoms with Crippen molar-refractivity contribution in [3.8, 4) is 5.75 Å². The fourth-order valence-electron chi connectivity index (χ4n) is 2.67. The topological polar surface area (TPSA) is 20.2 Å². The second-order valence-corrected chi connectivity index (χ2v) is 7.24. The molecule has 0 saturated carbocycles. The Morgan fingerprint density at radius 1 is 0.800 bits per heavy atom. The number of phenolic OH excluding ortho intramolecular Hbond substituents is 1. The maximum absolute atomic E-state index is 8.99. The zero-order valence-electron chi connectivity index (χ0n) is 17.1. The van der Waals surface area contributed by atoms with Crippen LogP contribution >= 0.6 is 0 Å². The summed E-state index contributed by atoms with van der Waals surface area (Å²) >= 11 is 2.16. The zero-order valence-corrected chi connectivity index (χ0v) is 20.2. The predicted molar refractivity (Wildman–Crippen MR) is 115 cm³/mol. The molecule has 1 aliphatic rings. The van der Waals surface area contributed by atoms with Gasteiger partial charge in [-0.15, -0.1) is 6.42 Å². The summed E-state index contributed by atoms with van der Waals surface area (Å²) in [5.41, 5.74) is 4.79. The van der Waals surface area contributed by atoms with Crippen LogP contribution in [-0.2, 0) is 20.0 Å². The molecule has 30 heavy (non-hydrogen) atoms. The van der Waals surface area contributed by atoms with E-state index in [0.717, 1.165) is 17.5 Å². The van der Waals surface area contributed by atoms with Crippen LogP contribution in [0.25, 0.3) is 0 Å². The molecule has 1 aliphatic carbocycles. The number of rotatable bonds is 2. The molecule has 3 aromatic rings. The van der Waals surface area contributed by atoms with E-state index < -0.39 is 0 Å². The van der Waals surface area contributed by atoms with Crippen LogP contribution in [-0.4, -0.2) is 8.92 Å². The average molecular weight is 472 g/mol. The van der Waals surface area contributed by atoms with Crippen LogP contribution in [0.15, 0.2) is 97.1 Å². The standard InChI is InChI=1S/C13H10.C8H10O.C5H5.2ClH.Ti/c1-3-7-12(8-4-1)11-13-9-5-2-6-10-13;1-6-3-7(2)5-8(9)4-6;1-2-4-5-3-1;;;/h1-10H;3-5,9H,1-2H3;1-3H,4H2;2*1H;/q;;-1;;;+1/p-2. The summed E-state index contributed by atoms with van der Waals surface area (Å²) in [6, 6.07) is 26.5. The molecule has 4 heteroatoms. The van der Waals surface area contributed by atoms with Gasteiger partial charge in [-0.05, 0) is 37.1 Å². The summed E-state index contributed by atoms with van der Waals surface area (Å²) in [5, 5.41) is 8.99. The predicted octanol–water partition coefficient (Wildman–Crippen LogP) is 0.125. The molecule has 0 aromatic heterocycles. The third kappa shape index (κ3) is 10.8. The monoisotopic (exact) mass is 471 g/mol. The van der Waals surface area contributed by atoms with E-state index in [-0.39, 0.29) is 24.8 Å². The minimum atomic E-state index is 0. The molecule has 1 nitrogen and oxygen atoms in total. The van der Waals surface area contributed by atoms with Crippen LogP contribution in [0.5, 0.6) is 5.75 Å². The number of aryl methyl sites for hydroxylation is 2. The number of aromatic hydroxyl groups is 1. The molecule has 0 fully saturated rings. The van der Waals surface area contributed by atoms with E-state index in [9.17, 15) is 0 Å². The summed E-state index contributed by atoms with van der Waals surface area (Å²) in [6.07, 6.45) is 10.0. The Morgan fingerprint density at radius 2 is 1.27 bits per heavy atom. The molecule has 4 rings (SSSR count). The van der Waals surface area contributed by atoms with Crippen LogP contribution in [0.2, 0.25) is 0 Å². The maximum atomic E-state index is 8.99. The Morgan fingerprint density at radius 3 is 1.57 bits per heavy atom. The quantitative estimate of drug-likeness (QED) is 0.416. The Hall–Kier alpha value is -1.90. The van der Waals surface area contributed by atoms with Gasteiger partial charge in [0.25, 0.3) is 0 Å². The van der Waals surface area contributed by atoms with Gasteiger partial charge >= 0.3 is 95.6 Å². The van der Waals surface area contributed by atoms with Crippen molar-refractivity contribution >= 4 is 3.81 Å². The first-order valence-electron chi connectivity index (χ1n) is 9.24. The SMILES string of the molecule is Cc1cc(C)cc(O)c1.[C-]1=CC=CC1.[Cl-].[Cl-].[Ti+]=[C](c1ccccc1)c1ccccc1. The van der Waals surface area contributed by atoms with E-state index in [1.165, 1.54) is 14.9 Å². The molecule has 3 aromatic carbocycles. The Labute approximate surface area is 204 Å². The van der Waals surface area contributed by atoms with Gasteiger partial charge in [0, 0.05) is 0 Å². The summed E-state index contributed by atoms with van der Waals surface area (Å²) in [6.45, 7) is 3.93. The van der Waals surface area contributed by atoms with Crippen molar-refractivity contribution in [1.29, 1.82) is 0 Å². The first kappa shape index (κ1) is 28.1. The van der Waals surface area contributed by atoms with Gasteiger partial charge in [-0.2, -0.15) is 6.08 Å². The van der Waals surface area contributed by atoms with Crippen molar-refractivity contribution in [3.05, 3.63) is 125 Å². The van der Waals surface area contributed by atoms with Crippen molar-refractivity contribution in [2.24, 2.45) is 0 Å². The zero-order chi connectivity index (χ0) is 20.2. The van der Waals surface area contributed by atoms with Crippen LogP contribution in [0.1, 0.15) is 28.7 Å². The van der Waals surface area contributed by atoms with Gasteiger partial charge in [0.15, 0.2) is 0 Å². The van der Waals surface area contributed by atoms with E-state index in [1.54, 1.807) is 12.1 Å². The molecular weight excluding hydrogens is 447 g/mol. The molecule has 0 aliphatic heterocycles. The number of phenols is 1. The van der Waals surface area contributed by atoms with Crippen molar-refractivity contribution in [3.63, 3.8) is 0 Å². The van der Waals surface area contributed by atoms with Crippen molar-refractivity contribution < 1.29 is 49.9 Å². The normalized spacial score (nSPS) is 10.4. The summed E-state index contributed by atoms with van der Waals surface area (Å²) in [4.78, 5) is 0. The summed E-state index contributed by atoms with van der Waals surface area (Å²) < 4.78 is 1.33. The van der Waals surface area contributed by atoms with E-state index in [4.69, 9.17) is 5.11 Å². The Bertz CT molecular complexity index is 834. The minimum absolute atomic E-state index is 0. The van der Waals surface area contributed by atoms with Crippen molar-refractivity contribution in [2.75, 3.05) is 0 Å². The van der Waals surface area contributed by atoms with E-state index in [0.29, 0.717) is 5.75 Å². The average Bonchev–Trinajstić information content (AvgIpc) is 3.28. The van der Waals surface area contributed by atoms with Crippen LogP contribution in [0.3, 0.4) is 0 Å². The van der Waals surface area contributed by atoms with Gasteiger partial charge in [-0.3, -0.25) is 6.08 Å². The van der Waals surface area contributed by atoms with E-state index >= 15 is 0 Å². The second-order valence-electron chi connectivity index (χ2n) is 6.46. The number of allylic oxidation sites excluding steroid dienone is 4. The fraction of sp³-hybridized carbons (Fsp3) is 0.115.